The van der Waals surface area contributed by atoms with Crippen molar-refractivity contribution in [3.63, 3.8) is 0 Å². The van der Waals surface area contributed by atoms with E-state index in [4.69, 9.17) is 65.4 Å². The molecule has 4 rings (SSSR count). The lowest BCUT2D eigenvalue weighted by atomic mass is 10.2. The summed E-state index contributed by atoms with van der Waals surface area (Å²) >= 11 is 24.3. The summed E-state index contributed by atoms with van der Waals surface area (Å²) in [4.78, 5) is 30.1. The molecule has 0 saturated carbocycles. The Bertz CT molecular complexity index is 1620. The normalized spacial score (nSPS) is 12.6. The van der Waals surface area contributed by atoms with Gasteiger partial charge < -0.3 is 18.9 Å². The smallest absolute Gasteiger partial charge is 0.419 e. The molecule has 2 aromatic heterocycles. The predicted molar refractivity (Wildman–Crippen MR) is 202 cm³/mol. The van der Waals surface area contributed by atoms with Gasteiger partial charge in [-0.3, -0.25) is 9.80 Å². The van der Waals surface area contributed by atoms with Crippen LogP contribution in [0.15, 0.2) is 60.9 Å². The summed E-state index contributed by atoms with van der Waals surface area (Å²) in [6.45, 7) is 11.0. The van der Waals surface area contributed by atoms with Gasteiger partial charge in [-0.1, -0.05) is 74.1 Å². The molecule has 0 saturated heterocycles. The Labute approximate surface area is 324 Å². The number of nitrogens with zero attached hydrogens (tertiary/aromatic N) is 6. The van der Waals surface area contributed by atoms with E-state index in [0.29, 0.717) is 96.9 Å². The van der Waals surface area contributed by atoms with Gasteiger partial charge in [0.1, 0.15) is 0 Å². The number of hydrogen-bond acceptors (Lipinski definition) is 10. The lowest BCUT2D eigenvalue weighted by Gasteiger charge is -2.30. The predicted octanol–water partition coefficient (Wildman–Crippen LogP) is 8.11. The fourth-order valence-electron chi connectivity index (χ4n) is 5.42. The largest absolute Gasteiger partial charge is 0.477 e. The van der Waals surface area contributed by atoms with E-state index in [1.54, 1.807) is 70.3 Å². The van der Waals surface area contributed by atoms with E-state index in [9.17, 15) is 9.59 Å². The molecule has 0 aliphatic carbocycles. The van der Waals surface area contributed by atoms with Crippen LogP contribution in [0.4, 0.5) is 0 Å². The summed E-state index contributed by atoms with van der Waals surface area (Å²) in [5.41, 5.74) is 1.48. The Kier molecular flexibility index (Phi) is 16.4. The summed E-state index contributed by atoms with van der Waals surface area (Å²) < 4.78 is 26.4. The summed E-state index contributed by atoms with van der Waals surface area (Å²) in [6.07, 6.45) is 4.18. The summed E-state index contributed by atoms with van der Waals surface area (Å²) in [6, 6.07) is 13.9. The van der Waals surface area contributed by atoms with E-state index < -0.39 is 24.4 Å². The minimum atomic E-state index is -1.04. The molecule has 2 atom stereocenters. The lowest BCUT2D eigenvalue weighted by Crippen LogP contribution is -2.43. The number of ether oxygens (including phenoxy) is 4. The number of hydrogen-bond donors (Lipinski definition) is 0. The maximum absolute atomic E-state index is 13.1. The van der Waals surface area contributed by atoms with Crippen molar-refractivity contribution in [1.82, 2.24) is 29.4 Å². The van der Waals surface area contributed by atoms with Gasteiger partial charge in [-0.2, -0.15) is 0 Å². The average molecular weight is 799 g/mol. The highest BCUT2D eigenvalue weighted by Gasteiger charge is 2.29. The average Bonchev–Trinajstić information content (AvgIpc) is 3.82. The first kappa shape index (κ1) is 41.2. The van der Waals surface area contributed by atoms with Gasteiger partial charge >= 0.3 is 11.9 Å². The molecule has 52 heavy (non-hydrogen) atoms. The first-order valence-corrected chi connectivity index (χ1v) is 18.7. The van der Waals surface area contributed by atoms with Gasteiger partial charge in [0.05, 0.1) is 44.7 Å². The van der Waals surface area contributed by atoms with Crippen LogP contribution in [0.5, 0.6) is 11.8 Å². The van der Waals surface area contributed by atoms with Crippen LogP contribution in [0.25, 0.3) is 11.4 Å². The van der Waals surface area contributed by atoms with Crippen LogP contribution in [0.1, 0.15) is 53.4 Å². The number of carbonyl (C=O) groups excluding carboxylic acids is 2. The van der Waals surface area contributed by atoms with Crippen molar-refractivity contribution in [1.29, 1.82) is 0 Å². The van der Waals surface area contributed by atoms with Crippen LogP contribution in [0, 0.1) is 0 Å². The maximum Gasteiger partial charge on any atom is 0.419 e. The molecule has 0 amide bonds. The molecular formula is C36H44Cl4N6O6. The Morgan fingerprint density at radius 2 is 1.00 bits per heavy atom. The fourth-order valence-corrected chi connectivity index (χ4v) is 6.00. The van der Waals surface area contributed by atoms with Crippen LogP contribution in [-0.2, 0) is 19.1 Å². The van der Waals surface area contributed by atoms with Crippen LogP contribution in [0.2, 0.25) is 20.1 Å². The monoisotopic (exact) mass is 796 g/mol. The number of carbonyl (C=O) groups is 2. The Balaban J connectivity index is 1.26. The third-order valence-corrected chi connectivity index (χ3v) is 9.73. The van der Waals surface area contributed by atoms with Crippen molar-refractivity contribution in [2.45, 2.75) is 65.8 Å². The molecule has 16 heteroatoms. The van der Waals surface area contributed by atoms with Crippen molar-refractivity contribution in [2.24, 2.45) is 0 Å². The maximum atomic E-state index is 13.1. The second kappa shape index (κ2) is 20.6. The van der Waals surface area contributed by atoms with Gasteiger partial charge in [0.2, 0.25) is 11.8 Å². The van der Waals surface area contributed by atoms with E-state index in [2.05, 4.69) is 10.2 Å². The highest BCUT2D eigenvalue weighted by Crippen LogP contribution is 2.26. The number of aromatic nitrogens is 4. The Morgan fingerprint density at radius 3 is 1.35 bits per heavy atom. The molecule has 282 valence electrons. The standard InChI is InChI=1S/C36H44Cl4N6O6/c1-5-43(6-2)33(11-9-21-49-31-17-19-45(41-31)25-13-15-27(37)29(39)23-25)51-35(47)36(48)52-34(44(7-3)8-4)12-10-22-50-32-18-20-46(42-32)26-14-16-28(38)30(40)24-26/h13-20,23-24,33-34H,5-12,21-22H2,1-4H3. The second-order valence-electron chi connectivity index (χ2n) is 11.5. The Morgan fingerprint density at radius 1 is 0.615 bits per heavy atom. The quantitative estimate of drug-likeness (QED) is 0.0376. The number of halogens is 4. The molecule has 2 unspecified atom stereocenters. The first-order valence-electron chi connectivity index (χ1n) is 17.2. The Hall–Kier alpha value is -3.52. The van der Waals surface area contributed by atoms with E-state index in [-0.39, 0.29) is 0 Å². The number of esters is 2. The summed E-state index contributed by atoms with van der Waals surface area (Å²) in [5, 5.41) is 10.6. The zero-order valence-electron chi connectivity index (χ0n) is 29.6. The molecule has 0 aliphatic rings. The zero-order chi connectivity index (χ0) is 37.6. The molecule has 2 aromatic carbocycles. The molecule has 0 spiro atoms. The highest BCUT2D eigenvalue weighted by molar-refractivity contribution is 6.42. The van der Waals surface area contributed by atoms with E-state index in [1.807, 2.05) is 37.5 Å². The molecule has 12 nitrogen and oxygen atoms in total. The van der Waals surface area contributed by atoms with Gasteiger partial charge in [0.25, 0.3) is 0 Å². The van der Waals surface area contributed by atoms with Crippen LogP contribution >= 0.6 is 46.4 Å². The zero-order valence-corrected chi connectivity index (χ0v) is 32.7. The van der Waals surface area contributed by atoms with Gasteiger partial charge in [-0.25, -0.2) is 19.0 Å². The van der Waals surface area contributed by atoms with Crippen molar-refractivity contribution in [3.05, 3.63) is 81.0 Å². The molecular weight excluding hydrogens is 754 g/mol. The third-order valence-electron chi connectivity index (χ3n) is 8.25. The number of benzene rings is 2. The van der Waals surface area contributed by atoms with E-state index in [1.165, 1.54) is 0 Å². The van der Waals surface area contributed by atoms with E-state index >= 15 is 0 Å². The molecule has 0 aliphatic heterocycles. The van der Waals surface area contributed by atoms with Crippen LogP contribution in [0.3, 0.4) is 0 Å². The molecule has 4 aromatic rings. The van der Waals surface area contributed by atoms with Crippen molar-refractivity contribution in [2.75, 3.05) is 39.4 Å². The van der Waals surface area contributed by atoms with Gasteiger partial charge in [-0.15, -0.1) is 10.2 Å². The third kappa shape index (κ3) is 11.7. The molecule has 2 heterocycles. The fraction of sp³-hybridized carbons (Fsp3) is 0.444. The molecule has 0 bridgehead atoms. The summed E-state index contributed by atoms with van der Waals surface area (Å²) in [5.74, 6) is -1.23. The van der Waals surface area contributed by atoms with Crippen molar-refractivity contribution < 1.29 is 28.5 Å². The lowest BCUT2D eigenvalue weighted by molar-refractivity contribution is -0.185. The topological polar surface area (TPSA) is 113 Å². The minimum absolute atomic E-state index is 0.319. The molecule has 0 fully saturated rings. The first-order chi connectivity index (χ1) is 25.1. The van der Waals surface area contributed by atoms with Gasteiger partial charge in [-0.05, 0) is 75.4 Å². The van der Waals surface area contributed by atoms with Crippen LogP contribution < -0.4 is 9.47 Å². The number of rotatable bonds is 20. The second-order valence-corrected chi connectivity index (χ2v) is 13.2. The van der Waals surface area contributed by atoms with Crippen LogP contribution in [-0.4, -0.2) is 93.1 Å². The summed E-state index contributed by atoms with van der Waals surface area (Å²) in [7, 11) is 0. The van der Waals surface area contributed by atoms with Crippen molar-refractivity contribution in [3.8, 4) is 23.1 Å². The van der Waals surface area contributed by atoms with Gasteiger partial charge in [0.15, 0.2) is 12.5 Å². The van der Waals surface area contributed by atoms with E-state index in [0.717, 1.165) is 11.4 Å². The highest BCUT2D eigenvalue weighted by atomic mass is 35.5. The molecule has 0 N–H and O–H groups in total. The van der Waals surface area contributed by atoms with Crippen molar-refractivity contribution >= 4 is 58.3 Å². The minimum Gasteiger partial charge on any atom is -0.477 e. The SMILES string of the molecule is CCN(CC)C(CCCOc1ccn(-c2ccc(Cl)c(Cl)c2)n1)OC(=O)C(=O)OC(CCCOc1ccn(-c2ccc(Cl)c(Cl)c2)n1)N(CC)CC. The molecule has 0 radical (unpaired) electrons. The van der Waals surface area contributed by atoms with Gasteiger partial charge in [0, 0.05) is 37.4 Å².